The van der Waals surface area contributed by atoms with Crippen LogP contribution in [-0.2, 0) is 14.3 Å². The highest BCUT2D eigenvalue weighted by molar-refractivity contribution is 5.90. The van der Waals surface area contributed by atoms with Crippen molar-refractivity contribution in [3.8, 4) is 0 Å². The van der Waals surface area contributed by atoms with E-state index in [0.717, 1.165) is 6.08 Å². The summed E-state index contributed by atoms with van der Waals surface area (Å²) in [5, 5.41) is 8.59. The Morgan fingerprint density at radius 3 is 2.33 bits per heavy atom. The highest BCUT2D eigenvalue weighted by atomic mass is 16.5. The summed E-state index contributed by atoms with van der Waals surface area (Å²) < 4.78 is 4.79. The molecule has 1 rings (SSSR count). The monoisotopic (exact) mass is 206 g/mol. The third-order valence-electron chi connectivity index (χ3n) is 1.57. The van der Waals surface area contributed by atoms with Crippen LogP contribution in [0.3, 0.4) is 0 Å². The molecule has 0 saturated carbocycles. The summed E-state index contributed by atoms with van der Waals surface area (Å²) in [6.45, 7) is 1.22. The average Bonchev–Trinajstić information content (AvgIpc) is 2.17. The number of hydrogen-bond acceptors (Lipinski definition) is 3. The fraction of sp³-hybridized carbons (Fsp3) is 0.0909. The van der Waals surface area contributed by atoms with E-state index in [9.17, 15) is 9.59 Å². The van der Waals surface area contributed by atoms with Crippen LogP contribution in [0.2, 0.25) is 0 Å². The highest BCUT2D eigenvalue weighted by Crippen LogP contribution is 2.15. The molecule has 1 aromatic carbocycles. The predicted octanol–water partition coefficient (Wildman–Crippen LogP) is 1.68. The van der Waals surface area contributed by atoms with Crippen LogP contribution in [-0.4, -0.2) is 17.0 Å². The minimum Gasteiger partial charge on any atom is -0.478 e. The first-order valence-corrected chi connectivity index (χ1v) is 4.28. The molecule has 1 aromatic rings. The number of rotatable bonds is 3. The summed E-state index contributed by atoms with van der Waals surface area (Å²) in [6, 6.07) is 8.58. The molecular formula is C11H10O4. The van der Waals surface area contributed by atoms with Crippen LogP contribution < -0.4 is 0 Å². The Bertz CT molecular complexity index is 392. The van der Waals surface area contributed by atoms with Crippen molar-refractivity contribution in [2.24, 2.45) is 0 Å². The van der Waals surface area contributed by atoms with E-state index in [1.54, 1.807) is 30.3 Å². The van der Waals surface area contributed by atoms with Crippen LogP contribution in [0.1, 0.15) is 12.5 Å². The predicted molar refractivity (Wildman–Crippen MR) is 53.8 cm³/mol. The molecule has 0 heterocycles. The normalized spacial score (nSPS) is 10.9. The lowest BCUT2D eigenvalue weighted by Crippen LogP contribution is -2.01. The van der Waals surface area contributed by atoms with Gasteiger partial charge in [0, 0.05) is 12.5 Å². The molecule has 0 aliphatic rings. The molecule has 1 N–H and O–H groups in total. The van der Waals surface area contributed by atoms with Crippen molar-refractivity contribution in [2.75, 3.05) is 0 Å². The second-order valence-electron chi connectivity index (χ2n) is 2.81. The Labute approximate surface area is 86.8 Å². The number of ether oxygens (including phenoxy) is 1. The van der Waals surface area contributed by atoms with Gasteiger partial charge in [-0.05, 0) is 0 Å². The molecule has 0 spiro atoms. The number of hydrogen-bond donors (Lipinski definition) is 1. The van der Waals surface area contributed by atoms with Gasteiger partial charge in [0.1, 0.15) is 5.76 Å². The molecule has 15 heavy (non-hydrogen) atoms. The lowest BCUT2D eigenvalue weighted by molar-refractivity contribution is -0.134. The Hall–Kier alpha value is -2.10. The van der Waals surface area contributed by atoms with E-state index in [1.807, 2.05) is 0 Å². The maximum atomic E-state index is 10.8. The summed E-state index contributed by atoms with van der Waals surface area (Å²) in [6.07, 6.45) is 0.858. The first kappa shape index (κ1) is 11.0. The molecule has 0 saturated heterocycles. The molecule has 0 atom stereocenters. The van der Waals surface area contributed by atoms with Gasteiger partial charge in [-0.3, -0.25) is 4.79 Å². The van der Waals surface area contributed by atoms with Crippen molar-refractivity contribution in [3.63, 3.8) is 0 Å². The first-order valence-electron chi connectivity index (χ1n) is 4.28. The molecule has 4 nitrogen and oxygen atoms in total. The van der Waals surface area contributed by atoms with E-state index in [2.05, 4.69) is 0 Å². The van der Waals surface area contributed by atoms with Gasteiger partial charge in [0.15, 0.2) is 0 Å². The number of carboxylic acid groups (broad SMARTS) is 1. The summed E-state index contributed by atoms with van der Waals surface area (Å²) in [5.41, 5.74) is 0.551. The van der Waals surface area contributed by atoms with Gasteiger partial charge in [-0.1, -0.05) is 30.3 Å². The minimum atomic E-state index is -1.16. The van der Waals surface area contributed by atoms with Crippen LogP contribution in [0.4, 0.5) is 0 Å². The smallest absolute Gasteiger partial charge is 0.332 e. The van der Waals surface area contributed by atoms with Gasteiger partial charge in [-0.15, -0.1) is 0 Å². The van der Waals surface area contributed by atoms with Crippen LogP contribution in [0, 0.1) is 0 Å². The molecule has 0 aliphatic carbocycles. The summed E-state index contributed by atoms with van der Waals surface area (Å²) in [4.78, 5) is 21.2. The molecule has 0 bridgehead atoms. The SMILES string of the molecule is CC(=O)OC(=CC(=O)O)c1ccccc1. The van der Waals surface area contributed by atoms with E-state index in [0.29, 0.717) is 5.56 Å². The Morgan fingerprint density at radius 1 is 1.27 bits per heavy atom. The van der Waals surface area contributed by atoms with Crippen LogP contribution >= 0.6 is 0 Å². The maximum absolute atomic E-state index is 10.8. The number of carboxylic acids is 1. The number of esters is 1. The fourth-order valence-corrected chi connectivity index (χ4v) is 1.04. The van der Waals surface area contributed by atoms with Crippen molar-refractivity contribution in [3.05, 3.63) is 42.0 Å². The van der Waals surface area contributed by atoms with Crippen molar-refractivity contribution in [1.29, 1.82) is 0 Å². The zero-order chi connectivity index (χ0) is 11.3. The van der Waals surface area contributed by atoms with Gasteiger partial charge in [0.05, 0.1) is 6.08 Å². The van der Waals surface area contributed by atoms with Gasteiger partial charge in [-0.25, -0.2) is 4.79 Å². The van der Waals surface area contributed by atoms with Crippen molar-refractivity contribution < 1.29 is 19.4 Å². The fourth-order valence-electron chi connectivity index (χ4n) is 1.04. The quantitative estimate of drug-likeness (QED) is 0.464. The second kappa shape index (κ2) is 4.95. The zero-order valence-electron chi connectivity index (χ0n) is 8.14. The Kier molecular flexibility index (Phi) is 3.62. The summed E-state index contributed by atoms with van der Waals surface area (Å²) >= 11 is 0. The third-order valence-corrected chi connectivity index (χ3v) is 1.57. The average molecular weight is 206 g/mol. The van der Waals surface area contributed by atoms with Gasteiger partial charge in [0.25, 0.3) is 0 Å². The molecule has 0 radical (unpaired) electrons. The van der Waals surface area contributed by atoms with Crippen molar-refractivity contribution in [2.45, 2.75) is 6.92 Å². The van der Waals surface area contributed by atoms with Gasteiger partial charge >= 0.3 is 11.9 Å². The van der Waals surface area contributed by atoms with Crippen molar-refractivity contribution in [1.82, 2.24) is 0 Å². The summed E-state index contributed by atoms with van der Waals surface area (Å²) in [5.74, 6) is -1.67. The van der Waals surface area contributed by atoms with E-state index in [-0.39, 0.29) is 5.76 Å². The highest BCUT2D eigenvalue weighted by Gasteiger charge is 2.07. The van der Waals surface area contributed by atoms with Gasteiger partial charge in [0.2, 0.25) is 0 Å². The number of aliphatic carboxylic acids is 1. The molecule has 0 amide bonds. The van der Waals surface area contributed by atoms with E-state index in [4.69, 9.17) is 9.84 Å². The first-order chi connectivity index (χ1) is 7.09. The molecule has 0 fully saturated rings. The van der Waals surface area contributed by atoms with E-state index >= 15 is 0 Å². The number of carbonyl (C=O) groups excluding carboxylic acids is 1. The van der Waals surface area contributed by atoms with E-state index < -0.39 is 11.9 Å². The Balaban J connectivity index is 3.02. The van der Waals surface area contributed by atoms with Gasteiger partial charge in [-0.2, -0.15) is 0 Å². The molecule has 4 heteroatoms. The molecule has 78 valence electrons. The van der Waals surface area contributed by atoms with Crippen LogP contribution in [0.5, 0.6) is 0 Å². The molecular weight excluding hydrogens is 196 g/mol. The lowest BCUT2D eigenvalue weighted by Gasteiger charge is -2.05. The standard InChI is InChI=1S/C11H10O4/c1-8(12)15-10(7-11(13)14)9-5-3-2-4-6-9/h2-7H,1H3,(H,13,14). The van der Waals surface area contributed by atoms with Gasteiger partial charge < -0.3 is 9.84 Å². The van der Waals surface area contributed by atoms with E-state index in [1.165, 1.54) is 6.92 Å². The molecule has 0 unspecified atom stereocenters. The maximum Gasteiger partial charge on any atom is 0.332 e. The Morgan fingerprint density at radius 2 is 1.87 bits per heavy atom. The second-order valence-corrected chi connectivity index (χ2v) is 2.81. The number of benzene rings is 1. The van der Waals surface area contributed by atoms with Crippen LogP contribution in [0.15, 0.2) is 36.4 Å². The van der Waals surface area contributed by atoms with Crippen LogP contribution in [0.25, 0.3) is 5.76 Å². The minimum absolute atomic E-state index is 0.0376. The topological polar surface area (TPSA) is 63.6 Å². The van der Waals surface area contributed by atoms with Crippen molar-refractivity contribution >= 4 is 17.7 Å². The third kappa shape index (κ3) is 3.64. The zero-order valence-corrected chi connectivity index (χ0v) is 8.14. The largest absolute Gasteiger partial charge is 0.478 e. The lowest BCUT2D eigenvalue weighted by atomic mass is 10.2. The molecule has 0 aliphatic heterocycles. The number of carbonyl (C=O) groups is 2. The summed E-state index contributed by atoms with van der Waals surface area (Å²) in [7, 11) is 0. The molecule has 0 aromatic heterocycles.